The van der Waals surface area contributed by atoms with Crippen LogP contribution >= 0.6 is 39.1 Å². The molecule has 0 spiro atoms. The quantitative estimate of drug-likeness (QED) is 0.510. The predicted octanol–water partition coefficient (Wildman–Crippen LogP) is 3.46. The lowest BCUT2D eigenvalue weighted by atomic mass is 10.3. The number of nitrogens with one attached hydrogen (secondary N) is 1. The van der Waals surface area contributed by atoms with E-state index < -0.39 is 6.10 Å². The summed E-state index contributed by atoms with van der Waals surface area (Å²) in [5.41, 5.74) is 5.27. The summed E-state index contributed by atoms with van der Waals surface area (Å²) in [6, 6.07) is 3.21. The van der Waals surface area contributed by atoms with Crippen LogP contribution in [0.5, 0.6) is 5.75 Å². The zero-order valence-electron chi connectivity index (χ0n) is 7.85. The fraction of sp³-hybridized carbons (Fsp3) is 0.222. The molecule has 1 rings (SSSR count). The van der Waals surface area contributed by atoms with Gasteiger partial charge in [0.2, 0.25) is 0 Å². The van der Waals surface area contributed by atoms with Gasteiger partial charge in [-0.2, -0.15) is 0 Å². The number of benzene rings is 1. The summed E-state index contributed by atoms with van der Waals surface area (Å²) < 4.78 is 6.05. The van der Waals surface area contributed by atoms with Crippen LogP contribution in [0.4, 0.5) is 0 Å². The summed E-state index contributed by atoms with van der Waals surface area (Å²) in [6.45, 7) is 1.66. The third kappa shape index (κ3) is 3.26. The van der Waals surface area contributed by atoms with Gasteiger partial charge in [0, 0.05) is 10.5 Å². The number of hydrogen-bond donors (Lipinski definition) is 2. The molecule has 0 bridgehead atoms. The highest BCUT2D eigenvalue weighted by molar-refractivity contribution is 9.10. The molecule has 0 amide bonds. The van der Waals surface area contributed by atoms with Crippen molar-refractivity contribution >= 4 is 45.0 Å². The summed E-state index contributed by atoms with van der Waals surface area (Å²) in [6.07, 6.45) is -0.528. The Hall–Kier alpha value is -0.450. The SMILES string of the molecule is CC(Oc1cc(Cl)c(Br)cc1Cl)C(=N)N. The molecule has 6 heteroatoms. The van der Waals surface area contributed by atoms with Gasteiger partial charge in [0.05, 0.1) is 10.0 Å². The van der Waals surface area contributed by atoms with Crippen LogP contribution in [0.1, 0.15) is 6.92 Å². The second-order valence-electron chi connectivity index (χ2n) is 2.91. The van der Waals surface area contributed by atoms with Crippen LogP contribution in [0.3, 0.4) is 0 Å². The van der Waals surface area contributed by atoms with Crippen LogP contribution in [-0.2, 0) is 0 Å². The van der Waals surface area contributed by atoms with E-state index in [1.165, 1.54) is 0 Å². The Morgan fingerprint density at radius 2 is 2.07 bits per heavy atom. The summed E-state index contributed by atoms with van der Waals surface area (Å²) in [5, 5.41) is 8.09. The molecule has 1 aromatic rings. The van der Waals surface area contributed by atoms with Crippen molar-refractivity contribution in [3.05, 3.63) is 26.7 Å². The van der Waals surface area contributed by atoms with Crippen LogP contribution in [0.2, 0.25) is 10.0 Å². The first kappa shape index (κ1) is 12.6. The van der Waals surface area contributed by atoms with Gasteiger partial charge >= 0.3 is 0 Å². The van der Waals surface area contributed by atoms with Crippen molar-refractivity contribution in [2.75, 3.05) is 0 Å². The van der Waals surface area contributed by atoms with Crippen molar-refractivity contribution in [3.63, 3.8) is 0 Å². The van der Waals surface area contributed by atoms with Crippen molar-refractivity contribution in [1.82, 2.24) is 0 Å². The zero-order valence-corrected chi connectivity index (χ0v) is 10.9. The van der Waals surface area contributed by atoms with E-state index >= 15 is 0 Å². The minimum absolute atomic E-state index is 0.0647. The van der Waals surface area contributed by atoms with Crippen molar-refractivity contribution in [3.8, 4) is 5.75 Å². The Bertz CT molecular complexity index is 398. The second kappa shape index (κ2) is 5.05. The number of hydrogen-bond acceptors (Lipinski definition) is 2. The Morgan fingerprint density at radius 3 is 2.60 bits per heavy atom. The van der Waals surface area contributed by atoms with E-state index in [-0.39, 0.29) is 5.84 Å². The number of ether oxygens (including phenoxy) is 1. The molecule has 0 heterocycles. The van der Waals surface area contributed by atoms with Gasteiger partial charge in [0.15, 0.2) is 6.10 Å². The lowest BCUT2D eigenvalue weighted by Gasteiger charge is -2.14. The maximum Gasteiger partial charge on any atom is 0.152 e. The molecule has 1 atom stereocenters. The number of rotatable bonds is 3. The maximum absolute atomic E-state index is 7.18. The van der Waals surface area contributed by atoms with Crippen molar-refractivity contribution < 1.29 is 4.74 Å². The van der Waals surface area contributed by atoms with E-state index in [1.807, 2.05) is 0 Å². The van der Waals surface area contributed by atoms with Crippen molar-refractivity contribution in [2.24, 2.45) is 5.73 Å². The average molecular weight is 312 g/mol. The lowest BCUT2D eigenvalue weighted by Crippen LogP contribution is -2.30. The van der Waals surface area contributed by atoms with Crippen molar-refractivity contribution in [1.29, 1.82) is 5.41 Å². The molecule has 82 valence electrons. The monoisotopic (exact) mass is 310 g/mol. The molecule has 0 aliphatic rings. The summed E-state index contributed by atoms with van der Waals surface area (Å²) in [5.74, 6) is 0.345. The van der Waals surface area contributed by atoms with Gasteiger partial charge in [-0.3, -0.25) is 5.41 Å². The largest absolute Gasteiger partial charge is 0.481 e. The maximum atomic E-state index is 7.18. The third-order valence-electron chi connectivity index (χ3n) is 1.72. The number of amidine groups is 1. The molecule has 0 radical (unpaired) electrons. The molecule has 0 saturated carbocycles. The molecule has 0 aliphatic heterocycles. The summed E-state index contributed by atoms with van der Waals surface area (Å²) in [4.78, 5) is 0. The third-order valence-corrected chi connectivity index (χ3v) is 3.21. The second-order valence-corrected chi connectivity index (χ2v) is 4.58. The molecular weight excluding hydrogens is 303 g/mol. The molecule has 1 unspecified atom stereocenters. The van der Waals surface area contributed by atoms with Crippen molar-refractivity contribution in [2.45, 2.75) is 13.0 Å². The highest BCUT2D eigenvalue weighted by atomic mass is 79.9. The predicted molar refractivity (Wildman–Crippen MR) is 66.2 cm³/mol. The molecule has 0 fully saturated rings. The minimum Gasteiger partial charge on any atom is -0.481 e. The Labute approximate surface area is 106 Å². The van der Waals surface area contributed by atoms with Gasteiger partial charge in [-0.15, -0.1) is 0 Å². The van der Waals surface area contributed by atoms with E-state index in [0.717, 1.165) is 0 Å². The van der Waals surface area contributed by atoms with E-state index in [4.69, 9.17) is 39.1 Å². The van der Waals surface area contributed by atoms with Gasteiger partial charge in [0.25, 0.3) is 0 Å². The van der Waals surface area contributed by atoms with Crippen LogP contribution in [-0.4, -0.2) is 11.9 Å². The topological polar surface area (TPSA) is 59.1 Å². The minimum atomic E-state index is -0.528. The first-order chi connectivity index (χ1) is 6.91. The molecule has 15 heavy (non-hydrogen) atoms. The van der Waals surface area contributed by atoms with Gasteiger partial charge < -0.3 is 10.5 Å². The molecule has 3 nitrogen and oxygen atoms in total. The van der Waals surface area contributed by atoms with Crippen LogP contribution < -0.4 is 10.5 Å². The first-order valence-electron chi connectivity index (χ1n) is 4.07. The molecule has 0 aliphatic carbocycles. The van der Waals surface area contributed by atoms with Gasteiger partial charge in [-0.05, 0) is 28.9 Å². The fourth-order valence-corrected chi connectivity index (χ4v) is 1.69. The molecule has 3 N–H and O–H groups in total. The molecular formula is C9H9BrCl2N2O. The lowest BCUT2D eigenvalue weighted by molar-refractivity contribution is 0.285. The Kier molecular flexibility index (Phi) is 4.25. The summed E-state index contributed by atoms with van der Waals surface area (Å²) >= 11 is 15.0. The first-order valence-corrected chi connectivity index (χ1v) is 5.62. The summed E-state index contributed by atoms with van der Waals surface area (Å²) in [7, 11) is 0. The van der Waals surface area contributed by atoms with E-state index in [2.05, 4.69) is 15.9 Å². The van der Waals surface area contributed by atoms with Gasteiger partial charge in [-0.25, -0.2) is 0 Å². The molecule has 0 aromatic heterocycles. The number of halogens is 3. The zero-order chi connectivity index (χ0) is 11.6. The van der Waals surface area contributed by atoms with Gasteiger partial charge in [0.1, 0.15) is 11.6 Å². The molecule has 1 aromatic carbocycles. The van der Waals surface area contributed by atoms with Gasteiger partial charge in [-0.1, -0.05) is 23.2 Å². The highest BCUT2D eigenvalue weighted by Crippen LogP contribution is 2.34. The average Bonchev–Trinajstić information content (AvgIpc) is 2.13. The standard InChI is InChI=1S/C9H9BrCl2N2O/c1-4(9(13)14)15-8-3-6(11)5(10)2-7(8)12/h2-4H,1H3,(H3,13,14). The van der Waals surface area contributed by atoms with Crippen LogP contribution in [0.15, 0.2) is 16.6 Å². The fourth-order valence-electron chi connectivity index (χ4n) is 0.849. The van der Waals surface area contributed by atoms with E-state index in [0.29, 0.717) is 20.3 Å². The number of nitrogens with two attached hydrogens (primary N) is 1. The normalized spacial score (nSPS) is 12.3. The highest BCUT2D eigenvalue weighted by Gasteiger charge is 2.12. The Balaban J connectivity index is 2.95. The van der Waals surface area contributed by atoms with Crippen LogP contribution in [0.25, 0.3) is 0 Å². The van der Waals surface area contributed by atoms with E-state index in [9.17, 15) is 0 Å². The molecule has 0 saturated heterocycles. The van der Waals surface area contributed by atoms with E-state index in [1.54, 1.807) is 19.1 Å². The van der Waals surface area contributed by atoms with Crippen LogP contribution in [0, 0.1) is 5.41 Å². The Morgan fingerprint density at radius 1 is 1.47 bits per heavy atom. The smallest absolute Gasteiger partial charge is 0.152 e.